The summed E-state index contributed by atoms with van der Waals surface area (Å²) in [6.45, 7) is 1.38. The maximum atomic E-state index is 12.3. The molecule has 130 valence electrons. The van der Waals surface area contributed by atoms with Crippen LogP contribution in [0.25, 0.3) is 22.0 Å². The molecule has 4 rings (SSSR count). The van der Waals surface area contributed by atoms with E-state index in [1.807, 2.05) is 30.5 Å². The van der Waals surface area contributed by atoms with Crippen LogP contribution in [0.3, 0.4) is 0 Å². The van der Waals surface area contributed by atoms with Gasteiger partial charge in [0.25, 0.3) is 5.56 Å². The number of fused-ring (bicyclic) bond motifs is 1. The Kier molecular flexibility index (Phi) is 3.97. The Hall–Kier alpha value is -2.73. The van der Waals surface area contributed by atoms with Crippen LogP contribution in [0.5, 0.6) is 5.75 Å². The number of benzene rings is 1. The number of aryl methyl sites for hydroxylation is 1. The number of H-pyrrole nitrogens is 1. The summed E-state index contributed by atoms with van der Waals surface area (Å²) in [5.41, 5.74) is 8.99. The molecule has 3 N–H and O–H groups in total. The molecule has 0 radical (unpaired) electrons. The monoisotopic (exact) mass is 339 g/mol. The van der Waals surface area contributed by atoms with Crippen molar-refractivity contribution in [3.05, 3.63) is 47.0 Å². The van der Waals surface area contributed by atoms with E-state index in [0.29, 0.717) is 17.8 Å². The quantitative estimate of drug-likeness (QED) is 0.719. The Morgan fingerprint density at radius 3 is 3.00 bits per heavy atom. The highest BCUT2D eigenvalue weighted by molar-refractivity contribution is 5.96. The number of hydrogen-bond donors (Lipinski definition) is 2. The van der Waals surface area contributed by atoms with E-state index in [2.05, 4.69) is 4.98 Å². The van der Waals surface area contributed by atoms with Gasteiger partial charge in [-0.2, -0.15) is 0 Å². The van der Waals surface area contributed by atoms with Gasteiger partial charge in [-0.15, -0.1) is 0 Å². The highest BCUT2D eigenvalue weighted by Gasteiger charge is 2.19. The maximum Gasteiger partial charge on any atom is 0.274 e. The minimum absolute atomic E-state index is 0.0328. The first-order chi connectivity index (χ1) is 12.1. The zero-order chi connectivity index (χ0) is 17.4. The Morgan fingerprint density at radius 2 is 2.20 bits per heavy atom. The van der Waals surface area contributed by atoms with Crippen LogP contribution in [0.4, 0.5) is 5.69 Å². The second-order valence-electron chi connectivity index (χ2n) is 6.44. The molecule has 6 nitrogen and oxygen atoms in total. The number of hydrogen-bond acceptors (Lipinski definition) is 4. The number of ether oxygens (including phenoxy) is 2. The molecular weight excluding hydrogens is 318 g/mol. The van der Waals surface area contributed by atoms with E-state index in [9.17, 15) is 4.79 Å². The van der Waals surface area contributed by atoms with Gasteiger partial charge in [0, 0.05) is 48.2 Å². The number of pyridine rings is 1. The summed E-state index contributed by atoms with van der Waals surface area (Å²) in [5, 5.41) is 0.860. The topological polar surface area (TPSA) is 82.3 Å². The van der Waals surface area contributed by atoms with Crippen LogP contribution in [0.2, 0.25) is 0 Å². The van der Waals surface area contributed by atoms with Crippen molar-refractivity contribution in [2.45, 2.75) is 18.9 Å². The predicted octanol–water partition coefficient (Wildman–Crippen LogP) is 2.67. The molecule has 0 saturated carbocycles. The number of nitrogens with one attached hydrogen (secondary N) is 1. The molecule has 25 heavy (non-hydrogen) atoms. The second-order valence-corrected chi connectivity index (χ2v) is 6.44. The van der Waals surface area contributed by atoms with Crippen molar-refractivity contribution >= 4 is 16.6 Å². The molecule has 0 amide bonds. The number of rotatable bonds is 3. The smallest absolute Gasteiger partial charge is 0.274 e. The summed E-state index contributed by atoms with van der Waals surface area (Å²) >= 11 is 0. The first-order valence-corrected chi connectivity index (χ1v) is 8.44. The number of anilines is 1. The molecule has 3 heterocycles. The van der Waals surface area contributed by atoms with Gasteiger partial charge in [-0.3, -0.25) is 4.79 Å². The molecule has 3 aromatic rings. The number of aromatic nitrogens is 2. The van der Waals surface area contributed by atoms with Gasteiger partial charge in [-0.1, -0.05) is 0 Å². The number of nitrogen functional groups attached to an aromatic ring is 1. The molecule has 2 aromatic heterocycles. The second kappa shape index (κ2) is 6.29. The molecule has 1 aliphatic heterocycles. The largest absolute Gasteiger partial charge is 0.487 e. The number of nitrogens with two attached hydrogens (primary N) is 1. The zero-order valence-corrected chi connectivity index (χ0v) is 14.1. The van der Waals surface area contributed by atoms with E-state index >= 15 is 0 Å². The fourth-order valence-electron chi connectivity index (χ4n) is 3.33. The van der Waals surface area contributed by atoms with Crippen molar-refractivity contribution in [2.24, 2.45) is 7.05 Å². The molecule has 1 aromatic carbocycles. The molecule has 6 heteroatoms. The van der Waals surface area contributed by atoms with E-state index in [0.717, 1.165) is 41.7 Å². The summed E-state index contributed by atoms with van der Waals surface area (Å²) in [5.74, 6) is 0.755. The normalized spacial score (nSPS) is 17.7. The Balaban J connectivity index is 1.85. The van der Waals surface area contributed by atoms with Gasteiger partial charge in [-0.25, -0.2) is 0 Å². The average molecular weight is 339 g/mol. The zero-order valence-electron chi connectivity index (χ0n) is 14.1. The lowest BCUT2D eigenvalue weighted by atomic mass is 10.0. The molecule has 1 saturated heterocycles. The van der Waals surface area contributed by atoms with E-state index in [1.165, 1.54) is 0 Å². The third-order valence-corrected chi connectivity index (χ3v) is 4.60. The van der Waals surface area contributed by atoms with Crippen molar-refractivity contribution in [3.8, 4) is 16.9 Å². The lowest BCUT2D eigenvalue weighted by Crippen LogP contribution is -2.28. The molecule has 1 atom stereocenters. The van der Waals surface area contributed by atoms with Gasteiger partial charge < -0.3 is 24.8 Å². The van der Waals surface area contributed by atoms with Gasteiger partial charge >= 0.3 is 0 Å². The molecule has 0 spiro atoms. The average Bonchev–Trinajstić information content (AvgIpc) is 3.11. The van der Waals surface area contributed by atoms with Crippen LogP contribution in [-0.4, -0.2) is 28.9 Å². The van der Waals surface area contributed by atoms with Crippen LogP contribution >= 0.6 is 0 Å². The van der Waals surface area contributed by atoms with Gasteiger partial charge in [0.15, 0.2) is 0 Å². The van der Waals surface area contributed by atoms with Crippen LogP contribution in [-0.2, 0) is 11.8 Å². The van der Waals surface area contributed by atoms with Crippen molar-refractivity contribution in [2.75, 3.05) is 18.9 Å². The van der Waals surface area contributed by atoms with Crippen LogP contribution in [0, 0.1) is 0 Å². The minimum atomic E-state index is -0.0594. The SMILES string of the molecule is Cn1cc(-c2cc(N)ccc2OC2CCCOC2)c2cc[nH]c2c1=O. The van der Waals surface area contributed by atoms with Crippen molar-refractivity contribution in [1.82, 2.24) is 9.55 Å². The lowest BCUT2D eigenvalue weighted by molar-refractivity contribution is 0.00769. The fraction of sp³-hybridized carbons (Fsp3) is 0.316. The van der Waals surface area contributed by atoms with Crippen LogP contribution in [0.15, 0.2) is 41.5 Å². The van der Waals surface area contributed by atoms with Gasteiger partial charge in [0.1, 0.15) is 17.4 Å². The first kappa shape index (κ1) is 15.8. The van der Waals surface area contributed by atoms with Crippen molar-refractivity contribution in [3.63, 3.8) is 0 Å². The molecule has 1 unspecified atom stereocenters. The standard InChI is InChI=1S/C19H21N3O3/c1-22-10-16(14-6-7-21-18(14)19(22)23)15-9-12(20)4-5-17(15)25-13-3-2-8-24-11-13/h4-7,9-10,13,21H,2-3,8,11,20H2,1H3. The highest BCUT2D eigenvalue weighted by atomic mass is 16.5. The highest BCUT2D eigenvalue weighted by Crippen LogP contribution is 2.36. The minimum Gasteiger partial charge on any atom is -0.487 e. The summed E-state index contributed by atoms with van der Waals surface area (Å²) in [6.07, 6.45) is 5.60. The van der Waals surface area contributed by atoms with Gasteiger partial charge in [-0.05, 0) is 37.1 Å². The van der Waals surface area contributed by atoms with E-state index in [-0.39, 0.29) is 11.7 Å². The van der Waals surface area contributed by atoms with Crippen LogP contribution in [0.1, 0.15) is 12.8 Å². The number of aromatic amines is 1. The third kappa shape index (κ3) is 2.89. The fourth-order valence-corrected chi connectivity index (χ4v) is 3.33. The molecule has 0 aliphatic carbocycles. The summed E-state index contributed by atoms with van der Waals surface area (Å²) in [4.78, 5) is 15.3. The Morgan fingerprint density at radius 1 is 1.32 bits per heavy atom. The van der Waals surface area contributed by atoms with E-state index in [1.54, 1.807) is 17.8 Å². The van der Waals surface area contributed by atoms with E-state index < -0.39 is 0 Å². The van der Waals surface area contributed by atoms with Crippen LogP contribution < -0.4 is 16.0 Å². The Labute approximate surface area is 145 Å². The molecule has 0 bridgehead atoms. The maximum absolute atomic E-state index is 12.3. The third-order valence-electron chi connectivity index (χ3n) is 4.60. The summed E-state index contributed by atoms with van der Waals surface area (Å²) in [6, 6.07) is 7.52. The molecular formula is C19H21N3O3. The summed E-state index contributed by atoms with van der Waals surface area (Å²) < 4.78 is 13.3. The van der Waals surface area contributed by atoms with E-state index in [4.69, 9.17) is 15.2 Å². The summed E-state index contributed by atoms with van der Waals surface area (Å²) in [7, 11) is 1.74. The van der Waals surface area contributed by atoms with Crippen molar-refractivity contribution < 1.29 is 9.47 Å². The first-order valence-electron chi connectivity index (χ1n) is 8.44. The van der Waals surface area contributed by atoms with Gasteiger partial charge in [0.05, 0.1) is 6.61 Å². The number of nitrogens with zero attached hydrogens (tertiary/aromatic N) is 1. The van der Waals surface area contributed by atoms with Crippen molar-refractivity contribution in [1.29, 1.82) is 0 Å². The Bertz CT molecular complexity index is 968. The lowest BCUT2D eigenvalue weighted by Gasteiger charge is -2.25. The molecule has 1 fully saturated rings. The molecule has 1 aliphatic rings. The van der Waals surface area contributed by atoms with Gasteiger partial charge in [0.2, 0.25) is 0 Å². The predicted molar refractivity (Wildman–Crippen MR) is 97.9 cm³/mol.